The number of hydrogen-bond donors (Lipinski definition) is 0. The van der Waals surface area contributed by atoms with Crippen molar-refractivity contribution in [2.75, 3.05) is 4.90 Å². The largest absolute Gasteiger partial charge is 0.455 e. The van der Waals surface area contributed by atoms with Crippen LogP contribution in [-0.4, -0.2) is 4.98 Å². The maximum Gasteiger partial charge on any atom is 0.143 e. The molecule has 0 radical (unpaired) electrons. The Bertz CT molecular complexity index is 3370. The fraction of sp³-hybridized carbons (Fsp3) is 0. The molecule has 4 nitrogen and oxygen atoms in total. The number of rotatable bonds is 5. The lowest BCUT2D eigenvalue weighted by Gasteiger charge is -2.25. The smallest absolute Gasteiger partial charge is 0.143 e. The van der Waals surface area contributed by atoms with Crippen molar-refractivity contribution >= 4 is 93.4 Å². The fourth-order valence-corrected chi connectivity index (χ4v) is 8.62. The van der Waals surface area contributed by atoms with Gasteiger partial charge in [-0.2, -0.15) is 0 Å². The van der Waals surface area contributed by atoms with E-state index in [1.165, 1.54) is 10.8 Å². The number of benzene rings is 9. The number of anilines is 3. The Morgan fingerprint density at radius 1 is 0.333 bits per heavy atom. The molecule has 266 valence electrons. The molecular weight excluding hydrogens is 697 g/mol. The lowest BCUT2D eigenvalue weighted by atomic mass is 9.99. The third-order valence-electron chi connectivity index (χ3n) is 11.5. The molecule has 4 heteroatoms. The van der Waals surface area contributed by atoms with Gasteiger partial charge in [0, 0.05) is 73.1 Å². The number of hydrogen-bond acceptors (Lipinski definition) is 4. The van der Waals surface area contributed by atoms with E-state index in [0.717, 1.165) is 105 Å². The topological polar surface area (TPSA) is 42.4 Å². The van der Waals surface area contributed by atoms with Gasteiger partial charge in [-0.25, -0.2) is 0 Å². The summed E-state index contributed by atoms with van der Waals surface area (Å²) in [5.74, 6) is 0. The second-order valence-corrected chi connectivity index (χ2v) is 14.8. The summed E-state index contributed by atoms with van der Waals surface area (Å²) in [6.45, 7) is 0. The van der Waals surface area contributed by atoms with Gasteiger partial charge in [0.2, 0.25) is 0 Å². The molecule has 3 heterocycles. The minimum Gasteiger partial charge on any atom is -0.455 e. The van der Waals surface area contributed by atoms with Crippen molar-refractivity contribution in [1.82, 2.24) is 4.98 Å². The molecule has 57 heavy (non-hydrogen) atoms. The van der Waals surface area contributed by atoms with Crippen molar-refractivity contribution in [2.45, 2.75) is 0 Å². The first-order chi connectivity index (χ1) is 28.2. The third-order valence-corrected chi connectivity index (χ3v) is 11.5. The van der Waals surface area contributed by atoms with Gasteiger partial charge in [0.1, 0.15) is 22.3 Å². The molecule has 0 spiro atoms. The Labute approximate surface area is 327 Å². The standard InChI is InChI=1S/C53H32N2O2/c1-3-9-43-36(6-1)19-25-47-45-27-23-41(31-50(45)56-52(43)47)55(42-24-28-46-48-26-20-37-7-2-4-10-44(37)53(48)57-51(46)32-42)40-21-17-34(18-22-40)33-11-13-35(14-12-33)39-16-15-38-8-5-29-54-49(38)30-39/h1-32H. The zero-order chi connectivity index (χ0) is 37.5. The Balaban J connectivity index is 0.967. The normalized spacial score (nSPS) is 11.9. The molecule has 9 aromatic carbocycles. The Hall–Kier alpha value is -7.69. The van der Waals surface area contributed by atoms with Gasteiger partial charge in [0.15, 0.2) is 0 Å². The monoisotopic (exact) mass is 728 g/mol. The van der Waals surface area contributed by atoms with Crippen LogP contribution in [0.2, 0.25) is 0 Å². The second-order valence-electron chi connectivity index (χ2n) is 14.8. The van der Waals surface area contributed by atoms with E-state index < -0.39 is 0 Å². The maximum absolute atomic E-state index is 6.67. The van der Waals surface area contributed by atoms with E-state index >= 15 is 0 Å². The van der Waals surface area contributed by atoms with Crippen molar-refractivity contribution in [3.05, 3.63) is 194 Å². The first-order valence-electron chi connectivity index (χ1n) is 19.3. The second kappa shape index (κ2) is 12.4. The molecule has 0 amide bonds. The molecule has 0 aliphatic carbocycles. The highest BCUT2D eigenvalue weighted by molar-refractivity contribution is 6.17. The molecule has 12 aromatic rings. The lowest BCUT2D eigenvalue weighted by Crippen LogP contribution is -2.09. The predicted octanol–water partition coefficient (Wildman–Crippen LogP) is 15.1. The zero-order valence-electron chi connectivity index (χ0n) is 30.7. The molecule has 0 fully saturated rings. The molecule has 3 aromatic heterocycles. The van der Waals surface area contributed by atoms with Gasteiger partial charge in [-0.1, -0.05) is 115 Å². The highest BCUT2D eigenvalue weighted by atomic mass is 16.3. The SMILES string of the molecule is c1cnc2cc(-c3ccc(-c4ccc(N(c5ccc6c(c5)oc5c7ccccc7ccc65)c5ccc6c(c5)oc5c7ccccc7ccc65)cc4)cc3)ccc2c1. The van der Waals surface area contributed by atoms with Gasteiger partial charge in [0.05, 0.1) is 5.52 Å². The summed E-state index contributed by atoms with van der Waals surface area (Å²) in [7, 11) is 0. The first kappa shape index (κ1) is 31.6. The van der Waals surface area contributed by atoms with E-state index in [0.29, 0.717) is 0 Å². The molecule has 0 atom stereocenters. The van der Waals surface area contributed by atoms with Crippen LogP contribution in [0.4, 0.5) is 17.1 Å². The summed E-state index contributed by atoms with van der Waals surface area (Å²) in [6.07, 6.45) is 1.84. The van der Waals surface area contributed by atoms with Crippen LogP contribution in [0.1, 0.15) is 0 Å². The zero-order valence-corrected chi connectivity index (χ0v) is 30.7. The van der Waals surface area contributed by atoms with Gasteiger partial charge in [-0.05, 0) is 93.7 Å². The molecule has 0 aliphatic rings. The van der Waals surface area contributed by atoms with E-state index in [-0.39, 0.29) is 0 Å². The van der Waals surface area contributed by atoms with Crippen molar-refractivity contribution in [3.63, 3.8) is 0 Å². The van der Waals surface area contributed by atoms with Crippen molar-refractivity contribution in [1.29, 1.82) is 0 Å². The van der Waals surface area contributed by atoms with Crippen LogP contribution in [0.25, 0.3) is 98.6 Å². The summed E-state index contributed by atoms with van der Waals surface area (Å²) in [4.78, 5) is 6.84. The van der Waals surface area contributed by atoms with E-state index in [1.807, 2.05) is 12.3 Å². The highest BCUT2D eigenvalue weighted by Gasteiger charge is 2.19. The van der Waals surface area contributed by atoms with Gasteiger partial charge in [-0.15, -0.1) is 0 Å². The van der Waals surface area contributed by atoms with Gasteiger partial charge in [-0.3, -0.25) is 4.98 Å². The Morgan fingerprint density at radius 3 is 1.39 bits per heavy atom. The molecule has 0 N–H and O–H groups in total. The van der Waals surface area contributed by atoms with Crippen LogP contribution in [0.3, 0.4) is 0 Å². The fourth-order valence-electron chi connectivity index (χ4n) is 8.62. The van der Waals surface area contributed by atoms with Crippen LogP contribution in [-0.2, 0) is 0 Å². The molecule has 12 rings (SSSR count). The van der Waals surface area contributed by atoms with Crippen LogP contribution < -0.4 is 4.90 Å². The van der Waals surface area contributed by atoms with Crippen molar-refractivity contribution < 1.29 is 8.83 Å². The van der Waals surface area contributed by atoms with Crippen molar-refractivity contribution in [3.8, 4) is 22.3 Å². The lowest BCUT2D eigenvalue weighted by molar-refractivity contribution is 0.672. The van der Waals surface area contributed by atoms with Crippen LogP contribution in [0.15, 0.2) is 203 Å². The van der Waals surface area contributed by atoms with Gasteiger partial charge >= 0.3 is 0 Å². The highest BCUT2D eigenvalue weighted by Crippen LogP contribution is 2.43. The van der Waals surface area contributed by atoms with Crippen molar-refractivity contribution in [2.24, 2.45) is 0 Å². The van der Waals surface area contributed by atoms with Crippen LogP contribution >= 0.6 is 0 Å². The van der Waals surface area contributed by atoms with E-state index in [2.05, 4.69) is 192 Å². The summed E-state index contributed by atoms with van der Waals surface area (Å²) in [5, 5.41) is 10.1. The third kappa shape index (κ3) is 5.12. The quantitative estimate of drug-likeness (QED) is 0.177. The average Bonchev–Trinajstić information content (AvgIpc) is 3.85. The predicted molar refractivity (Wildman–Crippen MR) is 237 cm³/mol. The maximum atomic E-state index is 6.67. The number of nitrogens with zero attached hydrogens (tertiary/aromatic N) is 2. The van der Waals surface area contributed by atoms with E-state index in [9.17, 15) is 0 Å². The van der Waals surface area contributed by atoms with E-state index in [1.54, 1.807) is 0 Å². The number of aromatic nitrogens is 1. The Kier molecular flexibility index (Phi) is 6.89. The molecule has 0 unspecified atom stereocenters. The average molecular weight is 729 g/mol. The molecule has 0 saturated carbocycles. The van der Waals surface area contributed by atoms with E-state index in [4.69, 9.17) is 8.83 Å². The molecule has 0 saturated heterocycles. The summed E-state index contributed by atoms with van der Waals surface area (Å²) in [6, 6.07) is 66.7. The van der Waals surface area contributed by atoms with Gasteiger partial charge in [0.25, 0.3) is 0 Å². The number of fused-ring (bicyclic) bond motifs is 11. The molecule has 0 bridgehead atoms. The van der Waals surface area contributed by atoms with Crippen LogP contribution in [0, 0.1) is 0 Å². The minimum absolute atomic E-state index is 0.846. The summed E-state index contributed by atoms with van der Waals surface area (Å²) < 4.78 is 13.3. The summed E-state index contributed by atoms with van der Waals surface area (Å²) in [5.41, 5.74) is 12.2. The van der Waals surface area contributed by atoms with Gasteiger partial charge < -0.3 is 13.7 Å². The van der Waals surface area contributed by atoms with Crippen LogP contribution in [0.5, 0.6) is 0 Å². The Morgan fingerprint density at radius 2 is 0.789 bits per heavy atom. The number of pyridine rings is 1. The number of furan rings is 2. The molecular formula is C53H32N2O2. The minimum atomic E-state index is 0.846. The summed E-state index contributed by atoms with van der Waals surface area (Å²) >= 11 is 0. The first-order valence-corrected chi connectivity index (χ1v) is 19.3. The molecule has 0 aliphatic heterocycles.